The minimum Gasteiger partial charge on any atom is -0.456 e. The van der Waals surface area contributed by atoms with Crippen LogP contribution < -0.4 is 11.1 Å². The molecule has 9 heteroatoms. The van der Waals surface area contributed by atoms with Crippen LogP contribution in [0.5, 0.6) is 0 Å². The Hall–Kier alpha value is -3.20. The summed E-state index contributed by atoms with van der Waals surface area (Å²) in [5.74, 6) is 0.191. The van der Waals surface area contributed by atoms with Gasteiger partial charge < -0.3 is 10.2 Å². The number of pyridine rings is 1. The van der Waals surface area contributed by atoms with Crippen LogP contribution in [0.4, 0.5) is 10.7 Å². The van der Waals surface area contributed by atoms with Gasteiger partial charge in [0.2, 0.25) is 5.95 Å². The fraction of sp³-hybridized carbons (Fsp3) is 0. The van der Waals surface area contributed by atoms with E-state index in [1.807, 2.05) is 0 Å². The first kappa shape index (κ1) is 14.4. The summed E-state index contributed by atoms with van der Waals surface area (Å²) in [6, 6.07) is 1.74. The standard InChI is InChI=1S/C15H9N5O3S/c16-14-18-4-8(5-19-14)10-6-17-3-7-1-9(23-12(7)10)2-11-13(21)20-15(22)24-11/h1-6H,(H2,16,18,19)(H,20,21,22). The molecule has 0 atom stereocenters. The number of furan rings is 1. The third-order valence-electron chi connectivity index (χ3n) is 3.34. The van der Waals surface area contributed by atoms with Crippen LogP contribution in [0.3, 0.4) is 0 Å². The third kappa shape index (κ3) is 2.50. The Bertz CT molecular complexity index is 1010. The molecule has 3 aromatic rings. The Labute approximate surface area is 139 Å². The van der Waals surface area contributed by atoms with Gasteiger partial charge in [-0.3, -0.25) is 19.9 Å². The molecule has 0 unspecified atom stereocenters. The Morgan fingerprint density at radius 3 is 2.67 bits per heavy atom. The zero-order valence-corrected chi connectivity index (χ0v) is 12.8. The van der Waals surface area contributed by atoms with Crippen molar-refractivity contribution < 1.29 is 14.0 Å². The van der Waals surface area contributed by atoms with Gasteiger partial charge in [-0.1, -0.05) is 0 Å². The van der Waals surface area contributed by atoms with Crippen molar-refractivity contribution >= 4 is 45.9 Å². The lowest BCUT2D eigenvalue weighted by Gasteiger charge is -2.01. The van der Waals surface area contributed by atoms with E-state index in [-0.39, 0.29) is 10.9 Å². The van der Waals surface area contributed by atoms with Crippen LogP contribution in [0, 0.1) is 0 Å². The van der Waals surface area contributed by atoms with E-state index >= 15 is 0 Å². The van der Waals surface area contributed by atoms with Crippen LogP contribution >= 0.6 is 11.8 Å². The number of carbonyl (C=O) groups excluding carboxylic acids is 2. The number of anilines is 1. The molecule has 0 saturated carbocycles. The summed E-state index contributed by atoms with van der Waals surface area (Å²) in [6.07, 6.45) is 7.97. The maximum Gasteiger partial charge on any atom is 0.290 e. The van der Waals surface area contributed by atoms with Crippen molar-refractivity contribution in [3.05, 3.63) is 41.5 Å². The van der Waals surface area contributed by atoms with Crippen molar-refractivity contribution in [3.63, 3.8) is 0 Å². The lowest BCUT2D eigenvalue weighted by Crippen LogP contribution is -2.17. The van der Waals surface area contributed by atoms with E-state index in [2.05, 4.69) is 20.3 Å². The summed E-state index contributed by atoms with van der Waals surface area (Å²) in [4.78, 5) is 35.2. The van der Waals surface area contributed by atoms with Gasteiger partial charge in [-0.25, -0.2) is 9.97 Å². The molecule has 0 aromatic carbocycles. The van der Waals surface area contributed by atoms with Crippen molar-refractivity contribution in [3.8, 4) is 11.1 Å². The van der Waals surface area contributed by atoms with E-state index in [4.69, 9.17) is 10.2 Å². The van der Waals surface area contributed by atoms with Gasteiger partial charge in [-0.15, -0.1) is 0 Å². The number of hydrogen-bond acceptors (Lipinski definition) is 8. The number of nitrogens with one attached hydrogen (secondary N) is 1. The number of rotatable bonds is 2. The van der Waals surface area contributed by atoms with E-state index in [9.17, 15) is 9.59 Å². The second-order valence-corrected chi connectivity index (χ2v) is 5.95. The molecule has 1 aliphatic heterocycles. The lowest BCUT2D eigenvalue weighted by atomic mass is 10.1. The van der Waals surface area contributed by atoms with Crippen molar-refractivity contribution in [2.45, 2.75) is 0 Å². The van der Waals surface area contributed by atoms with E-state index in [1.165, 1.54) is 6.08 Å². The zero-order chi connectivity index (χ0) is 16.7. The number of fused-ring (bicyclic) bond motifs is 1. The van der Waals surface area contributed by atoms with Gasteiger partial charge in [0.1, 0.15) is 11.3 Å². The molecule has 24 heavy (non-hydrogen) atoms. The van der Waals surface area contributed by atoms with Gasteiger partial charge in [0.25, 0.3) is 11.1 Å². The SMILES string of the molecule is Nc1ncc(-c2cncc3cc(C=C4SC(=O)NC4=O)oc23)cn1. The van der Waals surface area contributed by atoms with Gasteiger partial charge in [0.15, 0.2) is 0 Å². The molecule has 0 radical (unpaired) electrons. The Morgan fingerprint density at radius 2 is 1.96 bits per heavy atom. The minimum absolute atomic E-state index is 0.178. The number of carbonyl (C=O) groups is 2. The topological polar surface area (TPSA) is 124 Å². The van der Waals surface area contributed by atoms with Crippen LogP contribution in [0.1, 0.15) is 5.76 Å². The van der Waals surface area contributed by atoms with Gasteiger partial charge in [-0.05, 0) is 17.8 Å². The number of imide groups is 1. The molecule has 118 valence electrons. The average molecular weight is 339 g/mol. The maximum absolute atomic E-state index is 11.6. The van der Waals surface area contributed by atoms with Gasteiger partial charge in [0, 0.05) is 47.4 Å². The summed E-state index contributed by atoms with van der Waals surface area (Å²) in [5, 5.41) is 2.55. The molecule has 3 aromatic heterocycles. The molecule has 0 aliphatic carbocycles. The second kappa shape index (κ2) is 5.46. The minimum atomic E-state index is -0.435. The smallest absolute Gasteiger partial charge is 0.290 e. The predicted octanol–water partition coefficient (Wildman–Crippen LogP) is 2.19. The molecule has 2 amide bonds. The largest absolute Gasteiger partial charge is 0.456 e. The molecular formula is C15H9N5O3S. The summed E-state index contributed by atoms with van der Waals surface area (Å²) in [7, 11) is 0. The fourth-order valence-corrected chi connectivity index (χ4v) is 2.95. The number of thioether (sulfide) groups is 1. The summed E-state index contributed by atoms with van der Waals surface area (Å²) in [6.45, 7) is 0. The highest BCUT2D eigenvalue weighted by atomic mass is 32.2. The zero-order valence-electron chi connectivity index (χ0n) is 12.0. The quantitative estimate of drug-likeness (QED) is 0.681. The second-order valence-electron chi connectivity index (χ2n) is 4.94. The molecule has 1 aliphatic rings. The Kier molecular flexibility index (Phi) is 3.28. The summed E-state index contributed by atoms with van der Waals surface area (Å²) < 4.78 is 5.82. The van der Waals surface area contributed by atoms with Gasteiger partial charge in [0.05, 0.1) is 4.91 Å². The van der Waals surface area contributed by atoms with Crippen molar-refractivity contribution in [2.24, 2.45) is 0 Å². The number of amides is 2. The van der Waals surface area contributed by atoms with Crippen molar-refractivity contribution in [2.75, 3.05) is 5.73 Å². The highest BCUT2D eigenvalue weighted by molar-refractivity contribution is 8.18. The molecule has 3 N–H and O–H groups in total. The molecule has 4 rings (SSSR count). The Morgan fingerprint density at radius 1 is 1.17 bits per heavy atom. The van der Waals surface area contributed by atoms with E-state index in [0.29, 0.717) is 22.5 Å². The molecule has 0 spiro atoms. The maximum atomic E-state index is 11.6. The third-order valence-corrected chi connectivity index (χ3v) is 4.15. The number of aromatic nitrogens is 3. The van der Waals surface area contributed by atoms with E-state index < -0.39 is 11.1 Å². The van der Waals surface area contributed by atoms with Gasteiger partial charge in [-0.2, -0.15) is 0 Å². The van der Waals surface area contributed by atoms with Crippen LogP contribution in [-0.2, 0) is 4.79 Å². The van der Waals surface area contributed by atoms with Crippen LogP contribution in [0.25, 0.3) is 28.2 Å². The average Bonchev–Trinajstić information content (AvgIpc) is 3.10. The van der Waals surface area contributed by atoms with Crippen molar-refractivity contribution in [1.82, 2.24) is 20.3 Å². The first-order chi connectivity index (χ1) is 11.6. The molecular weight excluding hydrogens is 330 g/mol. The fourth-order valence-electron chi connectivity index (χ4n) is 2.29. The van der Waals surface area contributed by atoms with Crippen LogP contribution in [0.2, 0.25) is 0 Å². The first-order valence-electron chi connectivity index (χ1n) is 6.80. The Balaban J connectivity index is 1.80. The summed E-state index contributed by atoms with van der Waals surface area (Å²) >= 11 is 0.833. The first-order valence-corrected chi connectivity index (χ1v) is 7.62. The normalized spacial score (nSPS) is 16.1. The molecule has 0 bridgehead atoms. The highest BCUT2D eigenvalue weighted by Gasteiger charge is 2.25. The number of nitrogen functional groups attached to an aromatic ring is 1. The molecule has 1 saturated heterocycles. The number of nitrogens with zero attached hydrogens (tertiary/aromatic N) is 3. The molecule has 8 nitrogen and oxygen atoms in total. The number of nitrogens with two attached hydrogens (primary N) is 1. The lowest BCUT2D eigenvalue weighted by molar-refractivity contribution is -0.115. The van der Waals surface area contributed by atoms with E-state index in [1.54, 1.807) is 30.9 Å². The molecule has 1 fully saturated rings. The predicted molar refractivity (Wildman–Crippen MR) is 88.6 cm³/mol. The van der Waals surface area contributed by atoms with Crippen LogP contribution in [0.15, 0.2) is 40.2 Å². The monoisotopic (exact) mass is 339 g/mol. The van der Waals surface area contributed by atoms with Crippen molar-refractivity contribution in [1.29, 1.82) is 0 Å². The van der Waals surface area contributed by atoms with Crippen LogP contribution in [-0.4, -0.2) is 26.1 Å². The molecule has 4 heterocycles. The highest BCUT2D eigenvalue weighted by Crippen LogP contribution is 2.32. The summed E-state index contributed by atoms with van der Waals surface area (Å²) in [5.41, 5.74) is 7.50. The van der Waals surface area contributed by atoms with Gasteiger partial charge >= 0.3 is 0 Å². The van der Waals surface area contributed by atoms with E-state index in [0.717, 1.165) is 17.1 Å². The number of hydrogen-bond donors (Lipinski definition) is 2.